The van der Waals surface area contributed by atoms with Gasteiger partial charge in [0, 0.05) is 11.9 Å². The lowest BCUT2D eigenvalue weighted by molar-refractivity contribution is -0.0498. The van der Waals surface area contributed by atoms with E-state index < -0.39 is 12.5 Å². The number of benzene rings is 1. The van der Waals surface area contributed by atoms with Crippen molar-refractivity contribution in [1.29, 1.82) is 5.26 Å². The molecule has 0 aliphatic heterocycles. The van der Waals surface area contributed by atoms with Crippen LogP contribution in [0.2, 0.25) is 0 Å². The number of hydrogen-bond acceptors (Lipinski definition) is 5. The second kappa shape index (κ2) is 8.03. The van der Waals surface area contributed by atoms with Crippen molar-refractivity contribution in [2.45, 2.75) is 38.3 Å². The van der Waals surface area contributed by atoms with E-state index in [0.29, 0.717) is 5.69 Å². The summed E-state index contributed by atoms with van der Waals surface area (Å²) in [4.78, 5) is 11.8. The molecule has 1 amide bonds. The third-order valence-corrected chi connectivity index (χ3v) is 4.57. The van der Waals surface area contributed by atoms with E-state index in [9.17, 15) is 18.8 Å². The lowest BCUT2D eigenvalue weighted by Gasteiger charge is -2.26. The Bertz CT molecular complexity index is 844. The molecule has 0 unspecified atom stereocenters. The predicted molar refractivity (Wildman–Crippen MR) is 93.7 cm³/mol. The molecule has 1 saturated carbocycles. The van der Waals surface area contributed by atoms with Gasteiger partial charge in [0.2, 0.25) is 0 Å². The number of primary amides is 1. The molecule has 1 aromatic carbocycles. The number of nitrogens with zero attached hydrogens (tertiary/aromatic N) is 3. The first-order chi connectivity index (χ1) is 13.0. The van der Waals surface area contributed by atoms with Crippen molar-refractivity contribution in [3.8, 4) is 11.8 Å². The van der Waals surface area contributed by atoms with E-state index in [-0.39, 0.29) is 29.1 Å². The highest BCUT2D eigenvalue weighted by Crippen LogP contribution is 2.34. The maximum Gasteiger partial charge on any atom is 0.387 e. The number of nitrogens with one attached hydrogen (secondary N) is 1. The first kappa shape index (κ1) is 18.6. The van der Waals surface area contributed by atoms with Crippen LogP contribution in [0.15, 0.2) is 30.5 Å². The van der Waals surface area contributed by atoms with Gasteiger partial charge in [-0.3, -0.25) is 9.48 Å². The Morgan fingerprint density at radius 3 is 2.67 bits per heavy atom. The van der Waals surface area contributed by atoms with Crippen LogP contribution in [0.4, 0.5) is 20.3 Å². The van der Waals surface area contributed by atoms with Crippen molar-refractivity contribution in [2.75, 3.05) is 5.32 Å². The lowest BCUT2D eigenvalue weighted by atomic mass is 9.85. The molecular formula is C18H19F2N5O2. The summed E-state index contributed by atoms with van der Waals surface area (Å²) in [5.41, 5.74) is 6.19. The topological polar surface area (TPSA) is 106 Å². The first-order valence-corrected chi connectivity index (χ1v) is 8.58. The minimum Gasteiger partial charge on any atom is -0.435 e. The monoisotopic (exact) mass is 375 g/mol. The molecule has 0 saturated heterocycles. The first-order valence-electron chi connectivity index (χ1n) is 8.58. The largest absolute Gasteiger partial charge is 0.435 e. The van der Waals surface area contributed by atoms with Crippen LogP contribution in [-0.4, -0.2) is 22.3 Å². The molecule has 27 heavy (non-hydrogen) atoms. The van der Waals surface area contributed by atoms with Gasteiger partial charge in [-0.25, -0.2) is 0 Å². The number of aromatic nitrogens is 2. The molecule has 2 aromatic rings. The fourth-order valence-corrected chi connectivity index (χ4v) is 3.27. The maximum absolute atomic E-state index is 12.2. The van der Waals surface area contributed by atoms with Gasteiger partial charge >= 0.3 is 6.61 Å². The van der Waals surface area contributed by atoms with Gasteiger partial charge in [0.25, 0.3) is 5.91 Å². The molecule has 1 aliphatic carbocycles. The predicted octanol–water partition coefficient (Wildman–Crippen LogP) is 3.58. The summed E-state index contributed by atoms with van der Waals surface area (Å²) < 4.78 is 30.4. The Kier molecular flexibility index (Phi) is 5.54. The van der Waals surface area contributed by atoms with Crippen molar-refractivity contribution >= 4 is 17.4 Å². The van der Waals surface area contributed by atoms with Crippen molar-refractivity contribution in [3.63, 3.8) is 0 Å². The van der Waals surface area contributed by atoms with Crippen LogP contribution in [0.25, 0.3) is 0 Å². The van der Waals surface area contributed by atoms with Gasteiger partial charge in [-0.2, -0.15) is 19.1 Å². The minimum atomic E-state index is -2.90. The van der Waals surface area contributed by atoms with E-state index in [4.69, 9.17) is 5.73 Å². The fourth-order valence-electron chi connectivity index (χ4n) is 3.27. The highest BCUT2D eigenvalue weighted by atomic mass is 19.3. The summed E-state index contributed by atoms with van der Waals surface area (Å²) in [6, 6.07) is 8.01. The van der Waals surface area contributed by atoms with E-state index in [1.165, 1.54) is 24.3 Å². The SMILES string of the molecule is N#C[C@H]1CCCC[C@@H]1n1cc(C(N)=O)c(Nc2ccc(OC(F)F)cc2)n1. The molecule has 0 radical (unpaired) electrons. The number of alkyl halides is 2. The molecular weight excluding hydrogens is 356 g/mol. The number of nitrogens with two attached hydrogens (primary N) is 1. The smallest absolute Gasteiger partial charge is 0.387 e. The van der Waals surface area contributed by atoms with Gasteiger partial charge in [-0.15, -0.1) is 0 Å². The van der Waals surface area contributed by atoms with Gasteiger partial charge in [0.05, 0.1) is 18.0 Å². The average Bonchev–Trinajstić information content (AvgIpc) is 3.07. The highest BCUT2D eigenvalue weighted by Gasteiger charge is 2.28. The molecule has 9 heteroatoms. The normalized spacial score (nSPS) is 19.5. The number of nitriles is 1. The fraction of sp³-hybridized carbons (Fsp3) is 0.389. The summed E-state index contributed by atoms with van der Waals surface area (Å²) in [5.74, 6) is -0.536. The Morgan fingerprint density at radius 1 is 1.33 bits per heavy atom. The second-order valence-corrected chi connectivity index (χ2v) is 6.35. The standard InChI is InChI=1S/C18H19F2N5O2/c19-18(20)27-13-7-5-12(6-8-13)23-17-14(16(22)26)10-25(24-17)15-4-2-1-3-11(15)9-21/h5-8,10-11,15,18H,1-4H2,(H2,22,26)(H,23,24)/t11-,15+/m1/s1. The van der Waals surface area contributed by atoms with Crippen molar-refractivity contribution in [3.05, 3.63) is 36.0 Å². The molecule has 1 fully saturated rings. The molecule has 3 rings (SSSR count). The van der Waals surface area contributed by atoms with Gasteiger partial charge in [0.15, 0.2) is 5.82 Å². The van der Waals surface area contributed by atoms with Gasteiger partial charge in [-0.1, -0.05) is 12.8 Å². The molecule has 7 nitrogen and oxygen atoms in total. The van der Waals surface area contributed by atoms with Gasteiger partial charge in [-0.05, 0) is 37.1 Å². The number of rotatable bonds is 6. The summed E-state index contributed by atoms with van der Waals surface area (Å²) >= 11 is 0. The van der Waals surface area contributed by atoms with E-state index in [1.807, 2.05) is 0 Å². The number of carbonyl (C=O) groups is 1. The van der Waals surface area contributed by atoms with Gasteiger partial charge in [0.1, 0.15) is 11.3 Å². The third-order valence-electron chi connectivity index (χ3n) is 4.57. The number of amides is 1. The average molecular weight is 375 g/mol. The molecule has 0 spiro atoms. The Hall–Kier alpha value is -3.15. The lowest BCUT2D eigenvalue weighted by Crippen LogP contribution is -2.22. The number of hydrogen-bond donors (Lipinski definition) is 2. The zero-order chi connectivity index (χ0) is 19.4. The maximum atomic E-state index is 12.2. The Morgan fingerprint density at radius 2 is 2.04 bits per heavy atom. The van der Waals surface area contributed by atoms with Crippen molar-refractivity contribution in [1.82, 2.24) is 9.78 Å². The molecule has 1 aliphatic rings. The molecule has 0 bridgehead atoms. The van der Waals surface area contributed by atoms with Crippen LogP contribution in [0.5, 0.6) is 5.75 Å². The van der Waals surface area contributed by atoms with E-state index in [1.54, 1.807) is 10.9 Å². The summed E-state index contributed by atoms with van der Waals surface area (Å²) in [6.07, 6.45) is 5.14. The quantitative estimate of drug-likeness (QED) is 0.803. The van der Waals surface area contributed by atoms with E-state index in [0.717, 1.165) is 25.7 Å². The van der Waals surface area contributed by atoms with Crippen LogP contribution in [0.3, 0.4) is 0 Å². The van der Waals surface area contributed by atoms with Gasteiger partial charge < -0.3 is 15.8 Å². The van der Waals surface area contributed by atoms with Crippen LogP contribution < -0.4 is 15.8 Å². The van der Waals surface area contributed by atoms with Crippen LogP contribution in [0.1, 0.15) is 42.1 Å². The zero-order valence-electron chi connectivity index (χ0n) is 14.4. The van der Waals surface area contributed by atoms with E-state index >= 15 is 0 Å². The van der Waals surface area contributed by atoms with Crippen molar-refractivity contribution in [2.24, 2.45) is 11.7 Å². The number of carbonyl (C=O) groups excluding carboxylic acids is 1. The van der Waals surface area contributed by atoms with Crippen LogP contribution in [-0.2, 0) is 0 Å². The summed E-state index contributed by atoms with van der Waals surface area (Å²) in [7, 11) is 0. The molecule has 1 heterocycles. The number of ether oxygens (including phenoxy) is 1. The number of anilines is 2. The summed E-state index contributed by atoms with van der Waals surface area (Å²) in [6.45, 7) is -2.90. The molecule has 2 atom stereocenters. The minimum absolute atomic E-state index is 0.0234. The molecule has 142 valence electrons. The highest BCUT2D eigenvalue weighted by molar-refractivity contribution is 5.98. The number of halogens is 2. The Balaban J connectivity index is 1.83. The Labute approximate surface area is 154 Å². The third kappa shape index (κ3) is 4.34. The van der Waals surface area contributed by atoms with Crippen molar-refractivity contribution < 1.29 is 18.3 Å². The van der Waals surface area contributed by atoms with E-state index in [2.05, 4.69) is 21.2 Å². The van der Waals surface area contributed by atoms with Crippen LogP contribution >= 0.6 is 0 Å². The van der Waals surface area contributed by atoms with Crippen LogP contribution in [0, 0.1) is 17.2 Å². The zero-order valence-corrected chi connectivity index (χ0v) is 14.4. The summed E-state index contributed by atoms with van der Waals surface area (Å²) in [5, 5.41) is 16.8. The molecule has 3 N–H and O–H groups in total. The molecule has 1 aromatic heterocycles. The second-order valence-electron chi connectivity index (χ2n) is 6.35.